The van der Waals surface area contributed by atoms with Gasteiger partial charge in [-0.3, -0.25) is 0 Å². The predicted octanol–water partition coefficient (Wildman–Crippen LogP) is 5.37. The molecule has 3 aromatic rings. The van der Waals surface area contributed by atoms with Gasteiger partial charge in [0.25, 0.3) is 0 Å². The van der Waals surface area contributed by atoms with E-state index < -0.39 is 0 Å². The largest absolute Gasteiger partial charge is 0.331 e. The van der Waals surface area contributed by atoms with E-state index in [1.807, 2.05) is 11.8 Å². The Morgan fingerprint density at radius 1 is 1.18 bits per heavy atom. The van der Waals surface area contributed by atoms with Crippen molar-refractivity contribution in [3.05, 3.63) is 64.1 Å². The molecule has 1 saturated carbocycles. The molecule has 172 valence electrons. The lowest BCUT2D eigenvalue weighted by Crippen LogP contribution is -3.15. The average Bonchev–Trinajstić information content (AvgIpc) is 3.43. The Bertz CT molecular complexity index is 1150. The fourth-order valence-corrected chi connectivity index (χ4v) is 9.23. The maximum Gasteiger partial charge on any atom is 0.212 e. The molecule has 5 atom stereocenters. The number of piperidine rings is 1. The van der Waals surface area contributed by atoms with E-state index in [1.54, 1.807) is 23.1 Å². The third-order valence-corrected chi connectivity index (χ3v) is 10.4. The SMILES string of the molecule is S=C(Nc1nnc(S[C@H]2C[C@@H]3C[NH+](Cc4ccccc4)[C@H]2[C@@H]3Br)s1)Nc1ccc(Cl)cc1Cl. The van der Waals surface area contributed by atoms with E-state index in [4.69, 9.17) is 35.4 Å². The van der Waals surface area contributed by atoms with Gasteiger partial charge < -0.3 is 15.5 Å². The normalized spacial score (nSPS) is 25.8. The second-order valence-corrected chi connectivity index (χ2v) is 13.0. The fraction of sp³-hybridized carbons (Fsp3) is 0.318. The standard InChI is InChI=1S/C22H20BrCl2N5S3/c23-18-13-8-17(19(18)30(11-13)10-12-4-2-1-3-5-12)32-22-29-28-21(33-22)27-20(31)26-16-7-6-14(24)9-15(16)25/h1-7,9,13,17-19H,8,10-11H2,(H2,26,27,28,31)/p+1/t13-,17+,18-,19-/m1/s1. The minimum atomic E-state index is 0.408. The summed E-state index contributed by atoms with van der Waals surface area (Å²) in [7, 11) is 0. The maximum atomic E-state index is 6.21. The fourth-order valence-electron chi connectivity index (χ4n) is 4.68. The lowest BCUT2D eigenvalue weighted by molar-refractivity contribution is -0.929. The molecule has 5 nitrogen and oxygen atoms in total. The first-order valence-electron chi connectivity index (χ1n) is 10.5. The monoisotopic (exact) mass is 600 g/mol. The van der Waals surface area contributed by atoms with Gasteiger partial charge in [-0.25, -0.2) is 0 Å². The van der Waals surface area contributed by atoms with E-state index in [9.17, 15) is 0 Å². The van der Waals surface area contributed by atoms with Gasteiger partial charge in [-0.2, -0.15) is 0 Å². The number of hydrogen-bond donors (Lipinski definition) is 3. The molecule has 2 aromatic carbocycles. The zero-order valence-electron chi connectivity index (χ0n) is 17.3. The number of likely N-dealkylation sites (tertiary alicyclic amines) is 1. The minimum absolute atomic E-state index is 0.408. The van der Waals surface area contributed by atoms with E-state index in [1.165, 1.54) is 29.9 Å². The van der Waals surface area contributed by atoms with Gasteiger partial charge in [0, 0.05) is 16.5 Å². The molecule has 3 N–H and O–H groups in total. The number of alkyl halides is 1. The van der Waals surface area contributed by atoms with Crippen LogP contribution in [-0.2, 0) is 6.54 Å². The number of benzene rings is 2. The van der Waals surface area contributed by atoms with Gasteiger partial charge in [-0.1, -0.05) is 92.6 Å². The van der Waals surface area contributed by atoms with Crippen molar-refractivity contribution in [1.29, 1.82) is 0 Å². The summed E-state index contributed by atoms with van der Waals surface area (Å²) in [5.74, 6) is 0.706. The van der Waals surface area contributed by atoms with E-state index in [2.05, 4.69) is 67.1 Å². The van der Waals surface area contributed by atoms with Crippen molar-refractivity contribution in [3.8, 4) is 0 Å². The van der Waals surface area contributed by atoms with Gasteiger partial charge in [0.2, 0.25) is 5.13 Å². The molecule has 1 saturated heterocycles. The second kappa shape index (κ2) is 10.4. The smallest absolute Gasteiger partial charge is 0.212 e. The van der Waals surface area contributed by atoms with Crippen molar-refractivity contribution in [3.63, 3.8) is 0 Å². The Kier molecular flexibility index (Phi) is 7.46. The van der Waals surface area contributed by atoms with Gasteiger partial charge >= 0.3 is 0 Å². The number of quaternary nitrogens is 1. The Hall–Kier alpha value is -0.940. The van der Waals surface area contributed by atoms with Crippen LogP contribution in [0.1, 0.15) is 12.0 Å². The number of thiocarbonyl (C=S) groups is 1. The molecule has 2 fully saturated rings. The van der Waals surface area contributed by atoms with Gasteiger partial charge in [-0.05, 0) is 36.8 Å². The number of nitrogens with zero attached hydrogens (tertiary/aromatic N) is 2. The average molecular weight is 602 g/mol. The summed E-state index contributed by atoms with van der Waals surface area (Å²) in [4.78, 5) is 2.21. The molecule has 2 heterocycles. The summed E-state index contributed by atoms with van der Waals surface area (Å²) in [5.41, 5.74) is 2.08. The van der Waals surface area contributed by atoms with Crippen LogP contribution in [0.15, 0.2) is 52.9 Å². The number of fused-ring (bicyclic) bond motifs is 2. The third-order valence-electron chi connectivity index (χ3n) is 6.06. The van der Waals surface area contributed by atoms with Crippen LogP contribution in [0.4, 0.5) is 10.8 Å². The Balaban J connectivity index is 1.19. The van der Waals surface area contributed by atoms with E-state index >= 15 is 0 Å². The molecule has 5 rings (SSSR count). The topological polar surface area (TPSA) is 54.3 Å². The highest BCUT2D eigenvalue weighted by Gasteiger charge is 2.55. The predicted molar refractivity (Wildman–Crippen MR) is 146 cm³/mol. The Morgan fingerprint density at radius 2 is 2.00 bits per heavy atom. The van der Waals surface area contributed by atoms with Crippen molar-refractivity contribution in [2.75, 3.05) is 17.2 Å². The number of rotatable bonds is 6. The van der Waals surface area contributed by atoms with Gasteiger partial charge in [0.1, 0.15) is 12.6 Å². The molecular weight excluding hydrogens is 581 g/mol. The number of hydrogen-bond acceptors (Lipinski definition) is 5. The van der Waals surface area contributed by atoms with E-state index in [0.717, 1.165) is 10.9 Å². The Morgan fingerprint density at radius 3 is 2.76 bits per heavy atom. The summed E-state index contributed by atoms with van der Waals surface area (Å²) < 4.78 is 0.959. The lowest BCUT2D eigenvalue weighted by atomic mass is 10.1. The zero-order valence-corrected chi connectivity index (χ0v) is 22.8. The van der Waals surface area contributed by atoms with Crippen LogP contribution < -0.4 is 15.5 Å². The first-order chi connectivity index (χ1) is 16.0. The number of nitrogens with one attached hydrogen (secondary N) is 3. The highest BCUT2D eigenvalue weighted by atomic mass is 79.9. The number of anilines is 2. The summed E-state index contributed by atoms with van der Waals surface area (Å²) in [5, 5.41) is 17.5. The summed E-state index contributed by atoms with van der Waals surface area (Å²) in [6.07, 6.45) is 1.21. The quantitative estimate of drug-likeness (QED) is 0.261. The lowest BCUT2D eigenvalue weighted by Gasteiger charge is -2.29. The van der Waals surface area contributed by atoms with E-state index in [-0.39, 0.29) is 0 Å². The van der Waals surface area contributed by atoms with Gasteiger partial charge in [0.15, 0.2) is 9.45 Å². The first-order valence-corrected chi connectivity index (χ1v) is 14.3. The molecule has 2 bridgehead atoms. The molecular formula is C22H21BrCl2N5S3+. The molecule has 0 amide bonds. The molecule has 0 radical (unpaired) electrons. The van der Waals surface area contributed by atoms with Crippen LogP contribution in [-0.4, -0.2) is 38.0 Å². The molecule has 0 spiro atoms. The van der Waals surface area contributed by atoms with Gasteiger partial charge in [-0.15, -0.1) is 10.2 Å². The van der Waals surface area contributed by atoms with E-state index in [0.29, 0.717) is 48.0 Å². The van der Waals surface area contributed by atoms with Crippen LogP contribution >= 0.6 is 74.4 Å². The minimum Gasteiger partial charge on any atom is -0.331 e. The molecule has 1 unspecified atom stereocenters. The number of halogens is 3. The highest BCUT2D eigenvalue weighted by molar-refractivity contribution is 9.09. The molecule has 2 aliphatic rings. The number of thioether (sulfide) groups is 1. The van der Waals surface area contributed by atoms with Crippen LogP contribution in [0.2, 0.25) is 10.0 Å². The van der Waals surface area contributed by atoms with Crippen LogP contribution in [0.3, 0.4) is 0 Å². The molecule has 33 heavy (non-hydrogen) atoms. The molecule has 1 aliphatic heterocycles. The molecule has 1 aromatic heterocycles. The van der Waals surface area contributed by atoms with Crippen LogP contribution in [0, 0.1) is 5.92 Å². The zero-order chi connectivity index (χ0) is 22.9. The Labute approximate surface area is 224 Å². The second-order valence-electron chi connectivity index (χ2n) is 8.22. The molecule has 11 heteroatoms. The van der Waals surface area contributed by atoms with Crippen LogP contribution in [0.25, 0.3) is 0 Å². The summed E-state index contributed by atoms with van der Waals surface area (Å²) >= 11 is 24.9. The van der Waals surface area contributed by atoms with Crippen LogP contribution in [0.5, 0.6) is 0 Å². The maximum absolute atomic E-state index is 6.21. The van der Waals surface area contributed by atoms with Crippen molar-refractivity contribution >= 4 is 90.4 Å². The van der Waals surface area contributed by atoms with Crippen molar-refractivity contribution in [1.82, 2.24) is 10.2 Å². The third kappa shape index (κ3) is 5.50. The van der Waals surface area contributed by atoms with Crippen molar-refractivity contribution < 1.29 is 4.90 Å². The van der Waals surface area contributed by atoms with Crippen molar-refractivity contribution in [2.45, 2.75) is 33.4 Å². The molecule has 1 aliphatic carbocycles. The first kappa shape index (κ1) is 23.8. The summed E-state index contributed by atoms with van der Waals surface area (Å²) in [6, 6.07) is 16.5. The van der Waals surface area contributed by atoms with Crippen molar-refractivity contribution in [2.24, 2.45) is 5.92 Å². The highest BCUT2D eigenvalue weighted by Crippen LogP contribution is 2.44. The van der Waals surface area contributed by atoms with Gasteiger partial charge in [0.05, 0.1) is 27.3 Å². The summed E-state index contributed by atoms with van der Waals surface area (Å²) in [6.45, 7) is 2.29. The number of aromatic nitrogens is 2.